The Morgan fingerprint density at radius 2 is 2.00 bits per heavy atom. The second-order valence-electron chi connectivity index (χ2n) is 1.96. The number of hydrogen-bond acceptors (Lipinski definition) is 3. The Balaban J connectivity index is 3.59. The number of hydrogen-bond donors (Lipinski definition) is 1. The average molecular weight is 164 g/mol. The van der Waals surface area contributed by atoms with E-state index in [1.54, 1.807) is 0 Å². The number of sulfone groups is 1. The molecule has 0 radical (unpaired) electrons. The van der Waals surface area contributed by atoms with E-state index in [9.17, 15) is 8.42 Å². The Bertz CT molecular complexity index is 181. The number of aliphatic hydroxyl groups is 1. The summed E-state index contributed by atoms with van der Waals surface area (Å²) >= 11 is 0. The maximum absolute atomic E-state index is 10.7. The second kappa shape index (κ2) is 4.46. The van der Waals surface area contributed by atoms with Crippen molar-refractivity contribution in [2.45, 2.75) is 12.8 Å². The van der Waals surface area contributed by atoms with E-state index in [-0.39, 0.29) is 12.4 Å². The van der Waals surface area contributed by atoms with Gasteiger partial charge in [-0.3, -0.25) is 0 Å². The molecule has 0 aromatic heterocycles. The molecule has 0 unspecified atom stereocenters. The van der Waals surface area contributed by atoms with Gasteiger partial charge in [-0.1, -0.05) is 6.58 Å². The minimum absolute atomic E-state index is 0.0483. The Morgan fingerprint density at radius 3 is 2.40 bits per heavy atom. The molecule has 0 saturated heterocycles. The van der Waals surface area contributed by atoms with Gasteiger partial charge in [-0.15, -0.1) is 0 Å². The Kier molecular flexibility index (Phi) is 4.31. The van der Waals surface area contributed by atoms with E-state index in [0.717, 1.165) is 5.41 Å². The van der Waals surface area contributed by atoms with Crippen LogP contribution in [-0.4, -0.2) is 25.9 Å². The molecule has 3 nitrogen and oxygen atoms in total. The van der Waals surface area contributed by atoms with E-state index in [0.29, 0.717) is 12.8 Å². The van der Waals surface area contributed by atoms with E-state index in [2.05, 4.69) is 6.58 Å². The van der Waals surface area contributed by atoms with Crippen molar-refractivity contribution in [1.29, 1.82) is 0 Å². The highest BCUT2D eigenvalue weighted by molar-refractivity contribution is 7.94. The molecule has 0 saturated carbocycles. The standard InChI is InChI=1S/C6H12O3S/c1-2-10(8,9)6-4-3-5-7/h2,7H,1,3-6H2. The summed E-state index contributed by atoms with van der Waals surface area (Å²) in [7, 11) is -3.04. The predicted octanol–water partition coefficient (Wildman–Crippen LogP) is 0.317. The molecule has 4 heteroatoms. The van der Waals surface area contributed by atoms with Gasteiger partial charge in [0.1, 0.15) is 0 Å². The molecule has 0 aliphatic heterocycles. The van der Waals surface area contributed by atoms with Crippen molar-refractivity contribution in [1.82, 2.24) is 0 Å². The first kappa shape index (κ1) is 9.65. The molecule has 60 valence electrons. The minimum atomic E-state index is -3.04. The SMILES string of the molecule is C=CS(=O)(=O)CCCCO. The largest absolute Gasteiger partial charge is 0.396 e. The number of unbranched alkanes of at least 4 members (excludes halogenated alkanes) is 1. The van der Waals surface area contributed by atoms with Crippen LogP contribution in [0.25, 0.3) is 0 Å². The Morgan fingerprint density at radius 1 is 1.40 bits per heavy atom. The van der Waals surface area contributed by atoms with Crippen LogP contribution in [0.2, 0.25) is 0 Å². The quantitative estimate of drug-likeness (QED) is 0.595. The van der Waals surface area contributed by atoms with Crippen molar-refractivity contribution in [2.24, 2.45) is 0 Å². The zero-order chi connectivity index (χ0) is 8.04. The highest BCUT2D eigenvalue weighted by Gasteiger charge is 2.02. The van der Waals surface area contributed by atoms with Gasteiger partial charge in [0.2, 0.25) is 0 Å². The monoisotopic (exact) mass is 164 g/mol. The molecule has 0 bridgehead atoms. The summed E-state index contributed by atoms with van der Waals surface area (Å²) in [6.07, 6.45) is 1.04. The van der Waals surface area contributed by atoms with E-state index in [4.69, 9.17) is 5.11 Å². The predicted molar refractivity (Wildman–Crippen MR) is 40.3 cm³/mol. The van der Waals surface area contributed by atoms with Crippen LogP contribution in [0.5, 0.6) is 0 Å². The molecule has 0 aromatic carbocycles. The van der Waals surface area contributed by atoms with Gasteiger partial charge in [-0.05, 0) is 12.8 Å². The van der Waals surface area contributed by atoms with Crippen LogP contribution in [0.15, 0.2) is 12.0 Å². The lowest BCUT2D eigenvalue weighted by atomic mass is 10.4. The fourth-order valence-electron chi connectivity index (χ4n) is 0.498. The highest BCUT2D eigenvalue weighted by Crippen LogP contribution is 1.96. The normalized spacial score (nSPS) is 11.3. The molecular formula is C6H12O3S. The third-order valence-electron chi connectivity index (χ3n) is 1.09. The second-order valence-corrected chi connectivity index (χ2v) is 4.03. The van der Waals surface area contributed by atoms with Gasteiger partial charge < -0.3 is 5.11 Å². The van der Waals surface area contributed by atoms with Gasteiger partial charge in [-0.25, -0.2) is 8.42 Å². The summed E-state index contributed by atoms with van der Waals surface area (Å²) in [5.74, 6) is 0.0943. The van der Waals surface area contributed by atoms with E-state index < -0.39 is 9.84 Å². The average Bonchev–Trinajstić information content (AvgIpc) is 1.89. The topological polar surface area (TPSA) is 54.4 Å². The number of rotatable bonds is 5. The smallest absolute Gasteiger partial charge is 0.171 e. The summed E-state index contributed by atoms with van der Waals surface area (Å²) in [5.41, 5.74) is 0. The van der Waals surface area contributed by atoms with Gasteiger partial charge in [0.25, 0.3) is 0 Å². The third kappa shape index (κ3) is 4.52. The molecule has 10 heavy (non-hydrogen) atoms. The van der Waals surface area contributed by atoms with Gasteiger partial charge in [-0.2, -0.15) is 0 Å². The zero-order valence-electron chi connectivity index (χ0n) is 5.78. The lowest BCUT2D eigenvalue weighted by Crippen LogP contribution is -2.01. The summed E-state index contributed by atoms with van der Waals surface area (Å²) in [6.45, 7) is 3.21. The summed E-state index contributed by atoms with van der Waals surface area (Å²) in [6, 6.07) is 0. The van der Waals surface area contributed by atoms with E-state index in [1.165, 1.54) is 0 Å². The third-order valence-corrected chi connectivity index (χ3v) is 2.46. The van der Waals surface area contributed by atoms with Crippen molar-refractivity contribution in [3.8, 4) is 0 Å². The van der Waals surface area contributed by atoms with Crippen molar-refractivity contribution < 1.29 is 13.5 Å². The Hall–Kier alpha value is -0.350. The van der Waals surface area contributed by atoms with Crippen molar-refractivity contribution in [3.05, 3.63) is 12.0 Å². The summed E-state index contributed by atoms with van der Waals surface area (Å²) < 4.78 is 21.3. The maximum Gasteiger partial charge on any atom is 0.171 e. The van der Waals surface area contributed by atoms with Crippen LogP contribution in [-0.2, 0) is 9.84 Å². The summed E-state index contributed by atoms with van der Waals surface area (Å²) in [4.78, 5) is 0. The Labute approximate surface area is 61.3 Å². The molecule has 0 amide bonds. The summed E-state index contributed by atoms with van der Waals surface area (Å²) in [5, 5.41) is 9.26. The van der Waals surface area contributed by atoms with Crippen molar-refractivity contribution in [3.63, 3.8) is 0 Å². The van der Waals surface area contributed by atoms with Gasteiger partial charge in [0, 0.05) is 12.0 Å². The van der Waals surface area contributed by atoms with Crippen LogP contribution in [0.3, 0.4) is 0 Å². The fourth-order valence-corrected chi connectivity index (χ4v) is 1.27. The first-order valence-corrected chi connectivity index (χ1v) is 4.80. The highest BCUT2D eigenvalue weighted by atomic mass is 32.2. The molecule has 1 N–H and O–H groups in total. The van der Waals surface area contributed by atoms with Crippen LogP contribution < -0.4 is 0 Å². The van der Waals surface area contributed by atoms with E-state index in [1.807, 2.05) is 0 Å². The molecular weight excluding hydrogens is 152 g/mol. The van der Waals surface area contributed by atoms with Gasteiger partial charge >= 0.3 is 0 Å². The minimum Gasteiger partial charge on any atom is -0.396 e. The van der Waals surface area contributed by atoms with Crippen LogP contribution in [0.1, 0.15) is 12.8 Å². The molecule has 0 aromatic rings. The first-order valence-electron chi connectivity index (χ1n) is 3.08. The van der Waals surface area contributed by atoms with Crippen molar-refractivity contribution >= 4 is 9.84 Å². The lowest BCUT2D eigenvalue weighted by Gasteiger charge is -1.95. The van der Waals surface area contributed by atoms with E-state index >= 15 is 0 Å². The fraction of sp³-hybridized carbons (Fsp3) is 0.667. The lowest BCUT2D eigenvalue weighted by molar-refractivity contribution is 0.287. The van der Waals surface area contributed by atoms with Crippen molar-refractivity contribution in [2.75, 3.05) is 12.4 Å². The van der Waals surface area contributed by atoms with Gasteiger partial charge in [0.15, 0.2) is 9.84 Å². The van der Waals surface area contributed by atoms with Crippen LogP contribution in [0, 0.1) is 0 Å². The van der Waals surface area contributed by atoms with Crippen LogP contribution in [0.4, 0.5) is 0 Å². The van der Waals surface area contributed by atoms with Gasteiger partial charge in [0.05, 0.1) is 5.75 Å². The first-order chi connectivity index (χ1) is 4.62. The maximum atomic E-state index is 10.7. The zero-order valence-corrected chi connectivity index (χ0v) is 6.60. The molecule has 0 heterocycles. The van der Waals surface area contributed by atoms with Crippen LogP contribution >= 0.6 is 0 Å². The molecule has 0 atom stereocenters. The molecule has 0 aliphatic carbocycles. The molecule has 0 fully saturated rings. The molecule has 0 rings (SSSR count). The number of aliphatic hydroxyl groups excluding tert-OH is 1. The molecule has 0 spiro atoms. The molecule has 0 aliphatic rings.